The highest BCUT2D eigenvalue weighted by Gasteiger charge is 2.28. The quantitative estimate of drug-likeness (QED) is 0.452. The molecular formula is C18H24N2O6. The molecule has 3 atom stereocenters. The van der Waals surface area contributed by atoms with E-state index >= 15 is 0 Å². The first-order valence-corrected chi connectivity index (χ1v) is 8.69. The van der Waals surface area contributed by atoms with Gasteiger partial charge in [-0.3, -0.25) is 14.9 Å². The van der Waals surface area contributed by atoms with Crippen molar-refractivity contribution in [2.24, 2.45) is 11.8 Å². The number of nitrogens with zero attached hydrogens (tertiary/aromatic N) is 1. The van der Waals surface area contributed by atoms with Crippen molar-refractivity contribution in [1.82, 2.24) is 5.32 Å². The summed E-state index contributed by atoms with van der Waals surface area (Å²) in [5.41, 5.74) is -0.0668. The standard InChI is InChI=1S/C18H24N2O6/c1-12-4-3-5-16(13(12)2)19-17(21)10-26-18(22)11-25-15-8-6-14(7-9-15)20(23)24/h6-9,12-13,16H,3-5,10-11H2,1-2H3,(H,19,21)/t12-,13+,16+/m0/s1. The van der Waals surface area contributed by atoms with Crippen molar-refractivity contribution in [3.05, 3.63) is 34.4 Å². The van der Waals surface area contributed by atoms with Crippen LogP contribution >= 0.6 is 0 Å². The zero-order valence-corrected chi connectivity index (χ0v) is 15.0. The van der Waals surface area contributed by atoms with Gasteiger partial charge in [-0.1, -0.05) is 26.7 Å². The van der Waals surface area contributed by atoms with Gasteiger partial charge >= 0.3 is 5.97 Å². The van der Waals surface area contributed by atoms with Gasteiger partial charge in [0, 0.05) is 18.2 Å². The topological polar surface area (TPSA) is 108 Å². The van der Waals surface area contributed by atoms with Gasteiger partial charge in [0.1, 0.15) is 5.75 Å². The summed E-state index contributed by atoms with van der Waals surface area (Å²) in [7, 11) is 0. The smallest absolute Gasteiger partial charge is 0.344 e. The summed E-state index contributed by atoms with van der Waals surface area (Å²) in [4.78, 5) is 33.7. The Morgan fingerprint density at radius 1 is 1.19 bits per heavy atom. The number of rotatable bonds is 7. The number of carbonyl (C=O) groups excluding carboxylic acids is 2. The molecule has 1 aliphatic carbocycles. The number of non-ortho nitro benzene ring substituents is 1. The molecule has 0 saturated heterocycles. The third-order valence-corrected chi connectivity index (χ3v) is 4.82. The molecule has 1 aromatic rings. The molecule has 0 unspecified atom stereocenters. The van der Waals surface area contributed by atoms with Gasteiger partial charge in [0.15, 0.2) is 13.2 Å². The van der Waals surface area contributed by atoms with Crippen molar-refractivity contribution in [3.63, 3.8) is 0 Å². The SMILES string of the molecule is C[C@@H]1[C@@H](C)CCC[C@H]1NC(=O)COC(=O)COc1ccc([N+](=O)[O-])cc1. The van der Waals surface area contributed by atoms with Gasteiger partial charge in [0.2, 0.25) is 0 Å². The summed E-state index contributed by atoms with van der Waals surface area (Å²) in [6.45, 7) is 3.58. The molecule has 0 spiro atoms. The van der Waals surface area contributed by atoms with Gasteiger partial charge in [0.05, 0.1) is 4.92 Å². The van der Waals surface area contributed by atoms with Crippen LogP contribution in [0.25, 0.3) is 0 Å². The van der Waals surface area contributed by atoms with Gasteiger partial charge in [-0.25, -0.2) is 4.79 Å². The minimum Gasteiger partial charge on any atom is -0.482 e. The van der Waals surface area contributed by atoms with E-state index in [-0.39, 0.29) is 30.9 Å². The first kappa shape index (κ1) is 19.7. The lowest BCUT2D eigenvalue weighted by atomic mass is 9.78. The van der Waals surface area contributed by atoms with Crippen molar-refractivity contribution in [1.29, 1.82) is 0 Å². The fraction of sp³-hybridized carbons (Fsp3) is 0.556. The lowest BCUT2D eigenvalue weighted by Gasteiger charge is -2.34. The van der Waals surface area contributed by atoms with Crippen LogP contribution in [0.1, 0.15) is 33.1 Å². The molecule has 8 heteroatoms. The fourth-order valence-electron chi connectivity index (χ4n) is 3.03. The Morgan fingerprint density at radius 2 is 1.88 bits per heavy atom. The largest absolute Gasteiger partial charge is 0.482 e. The van der Waals surface area contributed by atoms with Crippen molar-refractivity contribution >= 4 is 17.6 Å². The number of hydrogen-bond acceptors (Lipinski definition) is 6. The molecule has 0 heterocycles. The van der Waals surface area contributed by atoms with Crippen LogP contribution in [0.15, 0.2) is 24.3 Å². The van der Waals surface area contributed by atoms with E-state index in [1.165, 1.54) is 30.7 Å². The fourth-order valence-corrected chi connectivity index (χ4v) is 3.03. The summed E-state index contributed by atoms with van der Waals surface area (Å²) >= 11 is 0. The van der Waals surface area contributed by atoms with Crippen LogP contribution in [0.4, 0.5) is 5.69 Å². The molecule has 142 valence electrons. The van der Waals surface area contributed by atoms with E-state index in [0.29, 0.717) is 17.6 Å². The van der Waals surface area contributed by atoms with Gasteiger partial charge in [-0.05, 0) is 30.4 Å². The summed E-state index contributed by atoms with van der Waals surface area (Å²) in [5, 5.41) is 13.5. The molecular weight excluding hydrogens is 340 g/mol. The van der Waals surface area contributed by atoms with Crippen molar-refractivity contribution in [2.75, 3.05) is 13.2 Å². The highest BCUT2D eigenvalue weighted by Crippen LogP contribution is 2.29. The monoisotopic (exact) mass is 364 g/mol. The number of nitrogens with one attached hydrogen (secondary N) is 1. The maximum absolute atomic E-state index is 12.0. The molecule has 1 saturated carbocycles. The molecule has 1 N–H and O–H groups in total. The number of carbonyl (C=O) groups is 2. The Balaban J connectivity index is 1.69. The average molecular weight is 364 g/mol. The summed E-state index contributed by atoms with van der Waals surface area (Å²) in [6, 6.07) is 5.45. The molecule has 26 heavy (non-hydrogen) atoms. The molecule has 1 aromatic carbocycles. The molecule has 0 aliphatic heterocycles. The molecule has 0 aromatic heterocycles. The van der Waals surface area contributed by atoms with Crippen molar-refractivity contribution in [2.45, 2.75) is 39.2 Å². The Morgan fingerprint density at radius 3 is 2.54 bits per heavy atom. The number of benzene rings is 1. The van der Waals surface area contributed by atoms with Crippen LogP contribution in [0.2, 0.25) is 0 Å². The van der Waals surface area contributed by atoms with Gasteiger partial charge < -0.3 is 14.8 Å². The molecule has 1 fully saturated rings. The maximum Gasteiger partial charge on any atom is 0.344 e. The van der Waals surface area contributed by atoms with E-state index < -0.39 is 10.9 Å². The zero-order chi connectivity index (χ0) is 19.1. The van der Waals surface area contributed by atoms with Gasteiger partial charge in [-0.15, -0.1) is 0 Å². The Bertz CT molecular complexity index is 646. The Labute approximate surface area is 152 Å². The molecule has 2 rings (SSSR count). The van der Waals surface area contributed by atoms with Gasteiger partial charge in [-0.2, -0.15) is 0 Å². The number of nitro groups is 1. The van der Waals surface area contributed by atoms with Crippen LogP contribution in [0.5, 0.6) is 5.75 Å². The first-order valence-electron chi connectivity index (χ1n) is 8.69. The van der Waals surface area contributed by atoms with Gasteiger partial charge in [0.25, 0.3) is 11.6 Å². The lowest BCUT2D eigenvalue weighted by Crippen LogP contribution is -2.45. The van der Waals surface area contributed by atoms with Crippen LogP contribution < -0.4 is 10.1 Å². The third-order valence-electron chi connectivity index (χ3n) is 4.82. The summed E-state index contributed by atoms with van der Waals surface area (Å²) < 4.78 is 10.1. The number of esters is 1. The Kier molecular flexibility index (Phi) is 6.94. The summed E-state index contributed by atoms with van der Waals surface area (Å²) in [5.74, 6) is 0.269. The number of amides is 1. The van der Waals surface area contributed by atoms with Crippen LogP contribution in [-0.4, -0.2) is 36.1 Å². The van der Waals surface area contributed by atoms with E-state index in [1.54, 1.807) is 0 Å². The molecule has 0 radical (unpaired) electrons. The second-order valence-electron chi connectivity index (χ2n) is 6.64. The van der Waals surface area contributed by atoms with Crippen LogP contribution in [-0.2, 0) is 14.3 Å². The number of ether oxygens (including phenoxy) is 2. The summed E-state index contributed by atoms with van der Waals surface area (Å²) in [6.07, 6.45) is 3.19. The molecule has 1 aliphatic rings. The highest BCUT2D eigenvalue weighted by atomic mass is 16.6. The normalized spacial score (nSPS) is 22.3. The first-order chi connectivity index (χ1) is 12.4. The number of nitro benzene ring substituents is 1. The molecule has 8 nitrogen and oxygen atoms in total. The lowest BCUT2D eigenvalue weighted by molar-refractivity contribution is -0.384. The third kappa shape index (κ3) is 5.72. The van der Waals surface area contributed by atoms with Crippen molar-refractivity contribution < 1.29 is 24.0 Å². The van der Waals surface area contributed by atoms with Crippen LogP contribution in [0, 0.1) is 22.0 Å². The Hall–Kier alpha value is -2.64. The molecule has 1 amide bonds. The second-order valence-corrected chi connectivity index (χ2v) is 6.64. The highest BCUT2D eigenvalue weighted by molar-refractivity contribution is 5.81. The maximum atomic E-state index is 12.0. The predicted molar refractivity (Wildman–Crippen MR) is 93.7 cm³/mol. The van der Waals surface area contributed by atoms with E-state index in [0.717, 1.165) is 12.8 Å². The zero-order valence-electron chi connectivity index (χ0n) is 15.0. The number of hydrogen-bond donors (Lipinski definition) is 1. The van der Waals surface area contributed by atoms with E-state index in [4.69, 9.17) is 9.47 Å². The minimum atomic E-state index is -0.677. The predicted octanol–water partition coefficient (Wildman–Crippen LogP) is 2.46. The molecule has 0 bridgehead atoms. The van der Waals surface area contributed by atoms with E-state index in [9.17, 15) is 19.7 Å². The van der Waals surface area contributed by atoms with E-state index in [1.807, 2.05) is 0 Å². The minimum absolute atomic E-state index is 0.0668. The van der Waals surface area contributed by atoms with Crippen LogP contribution in [0.3, 0.4) is 0 Å². The second kappa shape index (κ2) is 9.17. The van der Waals surface area contributed by atoms with Crippen molar-refractivity contribution in [3.8, 4) is 5.75 Å². The average Bonchev–Trinajstić information content (AvgIpc) is 2.62. The van der Waals surface area contributed by atoms with E-state index in [2.05, 4.69) is 19.2 Å².